The van der Waals surface area contributed by atoms with Crippen molar-refractivity contribution in [3.63, 3.8) is 0 Å². The number of anilines is 2. The standard InChI is InChI=1S/C34H41Cl2N3O2/c1-3-37(4-2)27-15-16-28(32(41)23-27)34(26-12-7-11-25(22-26)31(40)21-24-9-5-6-10-24)39-19-17-38(18-20-39)30-14-8-13-29(35)33(30)36/h7-8,11-16,22-24,34,41H,3-6,9-10,17-21H2,1-2H3. The maximum atomic E-state index is 13.3. The van der Waals surface area contributed by atoms with Gasteiger partial charge in [0.05, 0.1) is 21.8 Å². The first-order valence-corrected chi connectivity index (χ1v) is 15.8. The van der Waals surface area contributed by atoms with Crippen molar-refractivity contribution in [3.05, 3.63) is 87.4 Å². The minimum absolute atomic E-state index is 0.183. The van der Waals surface area contributed by atoms with Crippen molar-refractivity contribution in [2.75, 3.05) is 49.1 Å². The Morgan fingerprint density at radius 2 is 1.66 bits per heavy atom. The smallest absolute Gasteiger partial charge is 0.163 e. The summed E-state index contributed by atoms with van der Waals surface area (Å²) in [5.41, 5.74) is 4.61. The fraction of sp³-hybridized carbons (Fsp3) is 0.441. The lowest BCUT2D eigenvalue weighted by molar-refractivity contribution is 0.0962. The van der Waals surface area contributed by atoms with Gasteiger partial charge in [0.25, 0.3) is 0 Å². The lowest BCUT2D eigenvalue weighted by Gasteiger charge is -2.41. The summed E-state index contributed by atoms with van der Waals surface area (Å²) in [6.45, 7) is 9.07. The molecule has 1 atom stereocenters. The van der Waals surface area contributed by atoms with Crippen LogP contribution < -0.4 is 9.80 Å². The number of phenolic OH excluding ortho intramolecular Hbond substituents is 1. The normalized spacial score (nSPS) is 17.1. The van der Waals surface area contributed by atoms with Crippen molar-refractivity contribution in [3.8, 4) is 5.75 Å². The third kappa shape index (κ3) is 6.69. The average molecular weight is 595 g/mol. The molecule has 0 radical (unpaired) electrons. The van der Waals surface area contributed by atoms with E-state index in [1.807, 2.05) is 36.4 Å². The number of rotatable bonds is 10. The van der Waals surface area contributed by atoms with Crippen LogP contribution in [0.15, 0.2) is 60.7 Å². The molecule has 5 nitrogen and oxygen atoms in total. The highest BCUT2D eigenvalue weighted by atomic mass is 35.5. The summed E-state index contributed by atoms with van der Waals surface area (Å²) in [4.78, 5) is 20.2. The first-order valence-electron chi connectivity index (χ1n) is 15.0. The van der Waals surface area contributed by atoms with Crippen LogP contribution in [0.4, 0.5) is 11.4 Å². The van der Waals surface area contributed by atoms with Crippen LogP contribution in [-0.4, -0.2) is 55.1 Å². The van der Waals surface area contributed by atoms with Crippen LogP contribution in [0.25, 0.3) is 0 Å². The van der Waals surface area contributed by atoms with E-state index in [1.54, 1.807) is 0 Å². The average Bonchev–Trinajstić information content (AvgIpc) is 3.50. The van der Waals surface area contributed by atoms with Crippen molar-refractivity contribution >= 4 is 40.4 Å². The van der Waals surface area contributed by atoms with Gasteiger partial charge in [-0.25, -0.2) is 0 Å². The molecule has 2 aliphatic rings. The number of hydrogen-bond donors (Lipinski definition) is 1. The molecule has 0 spiro atoms. The van der Waals surface area contributed by atoms with Gasteiger partial charge in [-0.1, -0.05) is 79.2 Å². The predicted octanol–water partition coefficient (Wildman–Crippen LogP) is 8.22. The molecule has 41 heavy (non-hydrogen) atoms. The number of nitrogens with zero attached hydrogens (tertiary/aromatic N) is 3. The lowest BCUT2D eigenvalue weighted by Crippen LogP contribution is -2.48. The van der Waals surface area contributed by atoms with E-state index in [-0.39, 0.29) is 17.6 Å². The number of benzene rings is 3. The highest BCUT2D eigenvalue weighted by Crippen LogP contribution is 2.39. The zero-order valence-electron chi connectivity index (χ0n) is 24.2. The predicted molar refractivity (Wildman–Crippen MR) is 171 cm³/mol. The summed E-state index contributed by atoms with van der Waals surface area (Å²) in [6.07, 6.45) is 5.39. The molecule has 0 amide bonds. The number of halogens is 2. The number of aromatic hydroxyl groups is 1. The zero-order valence-corrected chi connectivity index (χ0v) is 25.7. The molecule has 1 saturated carbocycles. The van der Waals surface area contributed by atoms with Crippen LogP contribution in [0, 0.1) is 5.92 Å². The Hall–Kier alpha value is -2.73. The SMILES string of the molecule is CCN(CC)c1ccc(C(c2cccc(C(=O)CC3CCCC3)c2)N2CCN(c3cccc(Cl)c3Cl)CC2)c(O)c1. The molecule has 3 aromatic carbocycles. The summed E-state index contributed by atoms with van der Waals surface area (Å²) in [6, 6.07) is 19.7. The lowest BCUT2D eigenvalue weighted by atomic mass is 9.91. The van der Waals surface area contributed by atoms with E-state index < -0.39 is 0 Å². The first kappa shape index (κ1) is 29.8. The van der Waals surface area contributed by atoms with E-state index in [2.05, 4.69) is 52.8 Å². The van der Waals surface area contributed by atoms with Crippen LogP contribution in [0.5, 0.6) is 5.75 Å². The fourth-order valence-electron chi connectivity index (χ4n) is 6.57. The van der Waals surface area contributed by atoms with Gasteiger partial charge in [-0.15, -0.1) is 0 Å². The topological polar surface area (TPSA) is 47.0 Å². The molecule has 1 unspecified atom stereocenters. The van der Waals surface area contributed by atoms with Gasteiger partial charge in [0.2, 0.25) is 0 Å². The summed E-state index contributed by atoms with van der Waals surface area (Å²) >= 11 is 12.9. The highest BCUT2D eigenvalue weighted by Gasteiger charge is 2.30. The summed E-state index contributed by atoms with van der Waals surface area (Å²) in [5, 5.41) is 12.5. The maximum absolute atomic E-state index is 13.3. The van der Waals surface area contributed by atoms with E-state index in [9.17, 15) is 9.90 Å². The molecule has 7 heteroatoms. The van der Waals surface area contributed by atoms with Gasteiger partial charge in [0.1, 0.15) is 5.75 Å². The van der Waals surface area contributed by atoms with E-state index >= 15 is 0 Å². The summed E-state index contributed by atoms with van der Waals surface area (Å²) < 4.78 is 0. The van der Waals surface area contributed by atoms with Crippen molar-refractivity contribution in [1.29, 1.82) is 0 Å². The Morgan fingerprint density at radius 1 is 0.951 bits per heavy atom. The quantitative estimate of drug-likeness (QED) is 0.240. The van der Waals surface area contributed by atoms with Crippen LogP contribution >= 0.6 is 23.2 Å². The molecule has 218 valence electrons. The van der Waals surface area contributed by atoms with Crippen molar-refractivity contribution in [2.24, 2.45) is 5.92 Å². The minimum atomic E-state index is -0.183. The van der Waals surface area contributed by atoms with E-state index in [4.69, 9.17) is 23.2 Å². The first-order chi connectivity index (χ1) is 19.9. The van der Waals surface area contributed by atoms with Crippen molar-refractivity contribution in [2.45, 2.75) is 52.0 Å². The number of carbonyl (C=O) groups excluding carboxylic acids is 1. The van der Waals surface area contributed by atoms with Gasteiger partial charge >= 0.3 is 0 Å². The minimum Gasteiger partial charge on any atom is -0.508 e. The molecular formula is C34H41Cl2N3O2. The number of piperazine rings is 1. The monoisotopic (exact) mass is 593 g/mol. The second-order valence-corrected chi connectivity index (χ2v) is 12.1. The van der Waals surface area contributed by atoms with Crippen LogP contribution in [0.3, 0.4) is 0 Å². The molecular weight excluding hydrogens is 553 g/mol. The van der Waals surface area contributed by atoms with Gasteiger partial charge in [0, 0.05) is 68.6 Å². The molecule has 3 aromatic rings. The van der Waals surface area contributed by atoms with Crippen molar-refractivity contribution in [1.82, 2.24) is 4.90 Å². The van der Waals surface area contributed by atoms with Crippen molar-refractivity contribution < 1.29 is 9.90 Å². The largest absolute Gasteiger partial charge is 0.508 e. The van der Waals surface area contributed by atoms with Gasteiger partial charge < -0.3 is 14.9 Å². The molecule has 0 bridgehead atoms. The third-order valence-electron chi connectivity index (χ3n) is 8.86. The Kier molecular flexibility index (Phi) is 9.79. The van der Waals surface area contributed by atoms with E-state index in [0.29, 0.717) is 22.4 Å². The van der Waals surface area contributed by atoms with Crippen LogP contribution in [-0.2, 0) is 0 Å². The summed E-state index contributed by atoms with van der Waals surface area (Å²) in [5.74, 6) is 1.01. The Bertz CT molecular complexity index is 1350. The molecule has 0 aromatic heterocycles. The molecule has 1 aliphatic carbocycles. The molecule has 1 saturated heterocycles. The number of ketones is 1. The van der Waals surface area contributed by atoms with Crippen LogP contribution in [0.2, 0.25) is 10.0 Å². The molecule has 5 rings (SSSR count). The molecule has 1 heterocycles. The molecule has 1 N–H and O–H groups in total. The highest BCUT2D eigenvalue weighted by molar-refractivity contribution is 6.43. The van der Waals surface area contributed by atoms with E-state index in [1.165, 1.54) is 12.8 Å². The third-order valence-corrected chi connectivity index (χ3v) is 9.67. The summed E-state index contributed by atoms with van der Waals surface area (Å²) in [7, 11) is 0. The number of hydrogen-bond acceptors (Lipinski definition) is 5. The molecule has 1 aliphatic heterocycles. The fourth-order valence-corrected chi connectivity index (χ4v) is 6.99. The number of phenols is 1. The Morgan fingerprint density at radius 3 is 2.34 bits per heavy atom. The zero-order chi connectivity index (χ0) is 28.9. The second-order valence-electron chi connectivity index (χ2n) is 11.3. The number of Topliss-reactive ketones (excluding diaryl/α,β-unsaturated/α-hetero) is 1. The Balaban J connectivity index is 1.45. The Labute approximate surface area is 254 Å². The maximum Gasteiger partial charge on any atom is 0.163 e. The van der Waals surface area contributed by atoms with E-state index in [0.717, 1.165) is 80.2 Å². The van der Waals surface area contributed by atoms with Gasteiger partial charge in [-0.2, -0.15) is 0 Å². The van der Waals surface area contributed by atoms with Crippen LogP contribution in [0.1, 0.15) is 73.5 Å². The van der Waals surface area contributed by atoms with Gasteiger partial charge in [0.15, 0.2) is 5.78 Å². The van der Waals surface area contributed by atoms with Gasteiger partial charge in [-0.05, 0) is 49.6 Å². The second kappa shape index (κ2) is 13.5. The number of carbonyl (C=O) groups is 1. The van der Waals surface area contributed by atoms with Gasteiger partial charge in [-0.3, -0.25) is 9.69 Å². The molecule has 2 fully saturated rings.